The summed E-state index contributed by atoms with van der Waals surface area (Å²) in [5.41, 5.74) is 6.36. The van der Waals surface area contributed by atoms with Crippen molar-refractivity contribution in [1.29, 1.82) is 0 Å². The van der Waals surface area contributed by atoms with Crippen LogP contribution in [0.3, 0.4) is 0 Å². The number of amides is 2. The van der Waals surface area contributed by atoms with Crippen molar-refractivity contribution in [3.05, 3.63) is 125 Å². The van der Waals surface area contributed by atoms with Gasteiger partial charge in [-0.3, -0.25) is 28.7 Å². The molecule has 2 aliphatic rings. The normalized spacial score (nSPS) is 14.8. The van der Waals surface area contributed by atoms with Crippen molar-refractivity contribution < 1.29 is 52.3 Å². The monoisotopic (exact) mass is 1260 g/mol. The molecule has 8 rings (SSSR count). The Hall–Kier alpha value is -5.83. The average molecular weight is 1260 g/mol. The number of carbonyl (C=O) groups is 3. The number of hydrogen-bond donors (Lipinski definition) is 2. The molecule has 0 unspecified atom stereocenters. The van der Waals surface area contributed by atoms with Gasteiger partial charge in [0, 0.05) is 60.6 Å². The fraction of sp³-hybridized carbons (Fsp3) is 0.525. The first kappa shape index (κ1) is 66.1. The Morgan fingerprint density at radius 1 is 0.523 bits per heavy atom. The maximum Gasteiger partial charge on any atom is 0.332 e. The highest BCUT2D eigenvalue weighted by Crippen LogP contribution is 2.41. The van der Waals surface area contributed by atoms with Gasteiger partial charge in [-0.05, 0) is 97.7 Å². The summed E-state index contributed by atoms with van der Waals surface area (Å²) in [4.78, 5) is 51.9. The standard InChI is InChI=1S/C61H78Cl2N10O11S2/c1-37-39(3)85-58-52(37)54(43-11-15-45(62)16-12-43)66-47(56-70-68-41(5)72(56)58)31-49(74)64-19-21-77-23-25-79-27-29-81-34-61(10,36-83-33-51(76)84-60(7,8)9)35-82-30-28-80-26-24-78-22-20-65-50(75)32-48-57-71-69-42(6)73(57)59-53(38(2)40(4)86-59)55(67-48)44-13-17-46(63)18-14-44/h11-18,47-48H,19-36H2,1-10H3,(H,64,74)(H,65,75)/t47-,48-/m1/s1. The van der Waals surface area contributed by atoms with E-state index < -0.39 is 29.1 Å². The number of carbonyl (C=O) groups excluding carboxylic acids is 3. The molecular weight excluding hydrogens is 1180 g/mol. The number of halogens is 2. The van der Waals surface area contributed by atoms with E-state index in [4.69, 9.17) is 71.1 Å². The lowest BCUT2D eigenvalue weighted by Gasteiger charge is -2.29. The van der Waals surface area contributed by atoms with Crippen LogP contribution in [0.4, 0.5) is 0 Å². The van der Waals surface area contributed by atoms with Gasteiger partial charge in [0.15, 0.2) is 11.6 Å². The summed E-state index contributed by atoms with van der Waals surface area (Å²) in [5.74, 6) is 1.83. The lowest BCUT2D eigenvalue weighted by atomic mass is 9.94. The number of thiophene rings is 2. The molecule has 6 heterocycles. The topological polar surface area (TPSA) is 235 Å². The highest BCUT2D eigenvalue weighted by Gasteiger charge is 2.35. The summed E-state index contributed by atoms with van der Waals surface area (Å²) in [6.45, 7) is 23.7. The van der Waals surface area contributed by atoms with Gasteiger partial charge >= 0.3 is 5.97 Å². The van der Waals surface area contributed by atoms with E-state index in [0.717, 1.165) is 66.5 Å². The molecule has 0 bridgehead atoms. The molecular formula is C61H78Cl2N10O11S2. The van der Waals surface area contributed by atoms with Crippen molar-refractivity contribution in [1.82, 2.24) is 40.2 Å². The van der Waals surface area contributed by atoms with Crippen LogP contribution in [0.15, 0.2) is 58.5 Å². The number of hydrogen-bond acceptors (Lipinski definition) is 19. The predicted molar refractivity (Wildman–Crippen MR) is 331 cm³/mol. The van der Waals surface area contributed by atoms with Gasteiger partial charge in [0.05, 0.1) is 110 Å². The van der Waals surface area contributed by atoms with Crippen LogP contribution in [-0.2, 0) is 52.3 Å². The third kappa shape index (κ3) is 17.7. The van der Waals surface area contributed by atoms with Crippen molar-refractivity contribution in [3.8, 4) is 10.0 Å². The van der Waals surface area contributed by atoms with E-state index >= 15 is 0 Å². The highest BCUT2D eigenvalue weighted by atomic mass is 35.5. The lowest BCUT2D eigenvalue weighted by molar-refractivity contribution is -0.162. The largest absolute Gasteiger partial charge is 0.458 e. The van der Waals surface area contributed by atoms with Crippen LogP contribution in [0, 0.1) is 47.0 Å². The fourth-order valence-electron chi connectivity index (χ4n) is 9.68. The van der Waals surface area contributed by atoms with Crippen LogP contribution in [0.2, 0.25) is 10.0 Å². The Morgan fingerprint density at radius 3 is 1.29 bits per heavy atom. The molecule has 464 valence electrons. The first-order chi connectivity index (χ1) is 41.2. The van der Waals surface area contributed by atoms with E-state index in [1.165, 1.54) is 9.75 Å². The third-order valence-electron chi connectivity index (χ3n) is 14.1. The van der Waals surface area contributed by atoms with E-state index in [-0.39, 0.29) is 51.1 Å². The molecule has 0 saturated heterocycles. The van der Waals surface area contributed by atoms with E-state index in [1.807, 2.05) is 78.4 Å². The molecule has 2 N–H and O–H groups in total. The van der Waals surface area contributed by atoms with Crippen molar-refractivity contribution >= 4 is 75.1 Å². The molecule has 2 aliphatic heterocycles. The Balaban J connectivity index is 0.699. The van der Waals surface area contributed by atoms with E-state index in [9.17, 15) is 14.4 Å². The molecule has 25 heteroatoms. The zero-order valence-electron chi connectivity index (χ0n) is 50.6. The van der Waals surface area contributed by atoms with E-state index in [2.05, 4.69) is 58.7 Å². The number of rotatable bonds is 32. The second-order valence-corrected chi connectivity index (χ2v) is 25.6. The number of aromatic nitrogens is 6. The molecule has 0 aliphatic carbocycles. The van der Waals surface area contributed by atoms with E-state index in [1.54, 1.807) is 43.4 Å². The first-order valence-corrected chi connectivity index (χ1v) is 31.1. The molecule has 2 aromatic carbocycles. The van der Waals surface area contributed by atoms with Crippen LogP contribution < -0.4 is 10.6 Å². The van der Waals surface area contributed by atoms with Crippen LogP contribution >= 0.6 is 45.9 Å². The first-order valence-electron chi connectivity index (χ1n) is 28.7. The average Bonchev–Trinajstić information content (AvgIpc) is 1.65. The molecule has 0 spiro atoms. The van der Waals surface area contributed by atoms with Crippen LogP contribution in [0.1, 0.15) is 119 Å². The minimum absolute atomic E-state index is 0.0718. The van der Waals surface area contributed by atoms with Crippen LogP contribution in [0.5, 0.6) is 0 Å². The SMILES string of the molecule is Cc1sc2c(c1C)C(c1ccc(Cl)cc1)=N[C@H](CC(=O)NCCOCCOCCOCC(C)(COCCOCCOCCNC(=O)C[C@H]1N=C(c3ccc(Cl)cc3)c3c(sc(C)c3C)-n3c(C)nnc31)COCC(=O)OC(C)(C)C)c1nnc(C)n1-2. The Kier molecular flexibility index (Phi) is 23.7. The Bertz CT molecular complexity index is 3140. The zero-order valence-corrected chi connectivity index (χ0v) is 53.8. The molecule has 0 saturated carbocycles. The van der Waals surface area contributed by atoms with E-state index in [0.29, 0.717) is 101 Å². The minimum Gasteiger partial charge on any atom is -0.458 e. The molecule has 2 atom stereocenters. The highest BCUT2D eigenvalue weighted by molar-refractivity contribution is 7.15. The van der Waals surface area contributed by atoms with Gasteiger partial charge in [-0.1, -0.05) is 54.4 Å². The number of aliphatic imine (C=N–C) groups is 2. The summed E-state index contributed by atoms with van der Waals surface area (Å²) in [5, 5.41) is 26.9. The number of benzene rings is 2. The maximum atomic E-state index is 13.4. The smallest absolute Gasteiger partial charge is 0.332 e. The van der Waals surface area contributed by atoms with Crippen molar-refractivity contribution in [2.45, 2.75) is 99.8 Å². The molecule has 0 fully saturated rings. The van der Waals surface area contributed by atoms with Gasteiger partial charge in [0.2, 0.25) is 11.8 Å². The summed E-state index contributed by atoms with van der Waals surface area (Å²) in [7, 11) is 0. The molecule has 4 aromatic heterocycles. The van der Waals surface area contributed by atoms with Crippen molar-refractivity contribution in [2.24, 2.45) is 15.4 Å². The Morgan fingerprint density at radius 2 is 0.895 bits per heavy atom. The number of ether oxygens (including phenoxy) is 8. The van der Waals surface area contributed by atoms with Gasteiger partial charge in [-0.15, -0.1) is 43.1 Å². The van der Waals surface area contributed by atoms with Crippen molar-refractivity contribution in [2.75, 3.05) is 106 Å². The predicted octanol–water partition coefficient (Wildman–Crippen LogP) is 9.09. The minimum atomic E-state index is -0.639. The van der Waals surface area contributed by atoms with Crippen molar-refractivity contribution in [3.63, 3.8) is 0 Å². The number of nitrogens with one attached hydrogen (secondary N) is 2. The van der Waals surface area contributed by atoms with Gasteiger partial charge < -0.3 is 48.5 Å². The number of fused-ring (bicyclic) bond motifs is 6. The molecule has 21 nitrogen and oxygen atoms in total. The zero-order chi connectivity index (χ0) is 61.5. The van der Waals surface area contributed by atoms with Crippen LogP contribution in [-0.4, -0.2) is 170 Å². The number of nitrogens with zero attached hydrogens (tertiary/aromatic N) is 8. The lowest BCUT2D eigenvalue weighted by Crippen LogP contribution is -2.36. The molecule has 0 radical (unpaired) electrons. The Labute approximate surface area is 520 Å². The van der Waals surface area contributed by atoms with Gasteiger partial charge in [0.1, 0.15) is 45.9 Å². The maximum absolute atomic E-state index is 13.4. The summed E-state index contributed by atoms with van der Waals surface area (Å²) in [6, 6.07) is 14.0. The van der Waals surface area contributed by atoms with Gasteiger partial charge in [-0.25, -0.2) is 4.79 Å². The molecule has 6 aromatic rings. The second-order valence-electron chi connectivity index (χ2n) is 22.4. The third-order valence-corrected chi connectivity index (χ3v) is 17.0. The summed E-state index contributed by atoms with van der Waals surface area (Å²) >= 11 is 15.8. The summed E-state index contributed by atoms with van der Waals surface area (Å²) in [6.07, 6.45) is 0.144. The van der Waals surface area contributed by atoms with Gasteiger partial charge in [0.25, 0.3) is 0 Å². The second kappa shape index (κ2) is 30.9. The van der Waals surface area contributed by atoms with Gasteiger partial charge in [-0.2, -0.15) is 0 Å². The molecule has 86 heavy (non-hydrogen) atoms. The molecule has 2 amide bonds. The number of aryl methyl sites for hydroxylation is 4. The quantitative estimate of drug-likeness (QED) is 0.0296. The number of esters is 1. The summed E-state index contributed by atoms with van der Waals surface area (Å²) < 4.78 is 50.4. The van der Waals surface area contributed by atoms with Crippen LogP contribution in [0.25, 0.3) is 10.0 Å². The fourth-order valence-corrected chi connectivity index (χ4v) is 12.4.